The lowest BCUT2D eigenvalue weighted by Gasteiger charge is -2.12. The number of rotatable bonds is 6. The molecule has 1 rings (SSSR count). The van der Waals surface area contributed by atoms with E-state index in [4.69, 9.17) is 0 Å². The summed E-state index contributed by atoms with van der Waals surface area (Å²) in [5.41, 5.74) is 1.34. The minimum atomic E-state index is -0.359. The van der Waals surface area contributed by atoms with Gasteiger partial charge in [-0.1, -0.05) is 38.1 Å². The molecule has 0 aliphatic rings. The molecule has 1 aromatic rings. The Kier molecular flexibility index (Phi) is 5.40. The van der Waals surface area contributed by atoms with Gasteiger partial charge in [-0.2, -0.15) is 0 Å². The number of nitrogens with zero attached hydrogens (tertiary/aromatic N) is 1. The van der Waals surface area contributed by atoms with Crippen LogP contribution in [0.3, 0.4) is 0 Å². The molecule has 0 bridgehead atoms. The molecule has 1 aromatic carbocycles. The van der Waals surface area contributed by atoms with E-state index in [9.17, 15) is 10.1 Å². The summed E-state index contributed by atoms with van der Waals surface area (Å²) in [6, 6.07) is 6.90. The zero-order valence-electron chi connectivity index (χ0n) is 10.4. The smallest absolute Gasteiger partial charge is 0.258 e. The lowest BCUT2D eigenvalue weighted by Crippen LogP contribution is -1.96. The molecule has 3 nitrogen and oxygen atoms in total. The molecular weight excluding hydrogens is 214 g/mol. The van der Waals surface area contributed by atoms with Crippen LogP contribution in [0.5, 0.6) is 0 Å². The van der Waals surface area contributed by atoms with Crippen LogP contribution in [0.25, 0.3) is 0 Å². The fourth-order valence-electron chi connectivity index (χ4n) is 1.83. The second-order valence-electron chi connectivity index (χ2n) is 4.07. The molecule has 17 heavy (non-hydrogen) atoms. The SMILES string of the molecule is CC/C=C\CC(CC)c1ccc([N+](=O)[O-])cc1. The normalized spacial score (nSPS) is 12.8. The summed E-state index contributed by atoms with van der Waals surface area (Å²) < 4.78 is 0. The number of non-ortho nitro benzene ring substituents is 1. The molecule has 0 fully saturated rings. The Balaban J connectivity index is 2.75. The van der Waals surface area contributed by atoms with Crippen molar-refractivity contribution >= 4 is 5.69 Å². The van der Waals surface area contributed by atoms with Crippen LogP contribution in [0, 0.1) is 10.1 Å². The fraction of sp³-hybridized carbons (Fsp3) is 0.429. The maximum absolute atomic E-state index is 10.6. The van der Waals surface area contributed by atoms with Gasteiger partial charge in [0.2, 0.25) is 0 Å². The summed E-state index contributed by atoms with van der Waals surface area (Å²) in [6.45, 7) is 4.26. The Morgan fingerprint density at radius 2 is 1.88 bits per heavy atom. The van der Waals surface area contributed by atoms with Gasteiger partial charge in [-0.3, -0.25) is 10.1 Å². The van der Waals surface area contributed by atoms with Crippen LogP contribution >= 0.6 is 0 Å². The van der Waals surface area contributed by atoms with Gasteiger partial charge >= 0.3 is 0 Å². The van der Waals surface area contributed by atoms with Crippen molar-refractivity contribution < 1.29 is 4.92 Å². The van der Waals surface area contributed by atoms with Crippen LogP contribution in [0.1, 0.15) is 44.6 Å². The van der Waals surface area contributed by atoms with Gasteiger partial charge in [-0.15, -0.1) is 0 Å². The average molecular weight is 233 g/mol. The zero-order valence-corrected chi connectivity index (χ0v) is 10.4. The Morgan fingerprint density at radius 1 is 1.24 bits per heavy atom. The van der Waals surface area contributed by atoms with Crippen LogP contribution in [0.4, 0.5) is 5.69 Å². The molecule has 0 radical (unpaired) electrons. The van der Waals surface area contributed by atoms with Crippen LogP contribution in [0.15, 0.2) is 36.4 Å². The molecule has 3 heteroatoms. The number of nitro groups is 1. The van der Waals surface area contributed by atoms with Crippen molar-refractivity contribution in [1.82, 2.24) is 0 Å². The number of benzene rings is 1. The molecule has 0 spiro atoms. The second kappa shape index (κ2) is 6.84. The Bertz CT molecular complexity index is 382. The standard InChI is InChI=1S/C14H19NO2/c1-3-5-6-7-12(4-2)13-8-10-14(11-9-13)15(16)17/h5-6,8-12H,3-4,7H2,1-2H3/b6-5-. The van der Waals surface area contributed by atoms with Crippen molar-refractivity contribution in [3.8, 4) is 0 Å². The third-order valence-corrected chi connectivity index (χ3v) is 2.89. The lowest BCUT2D eigenvalue weighted by atomic mass is 9.93. The summed E-state index contributed by atoms with van der Waals surface area (Å²) in [4.78, 5) is 10.2. The summed E-state index contributed by atoms with van der Waals surface area (Å²) in [7, 11) is 0. The first kappa shape index (κ1) is 13.4. The molecule has 0 saturated carbocycles. The minimum Gasteiger partial charge on any atom is -0.258 e. The summed E-state index contributed by atoms with van der Waals surface area (Å²) in [5.74, 6) is 0.457. The lowest BCUT2D eigenvalue weighted by molar-refractivity contribution is -0.384. The van der Waals surface area contributed by atoms with Gasteiger partial charge in [0, 0.05) is 12.1 Å². The predicted octanol–water partition coefficient (Wildman–Crippen LogP) is 4.44. The highest BCUT2D eigenvalue weighted by Crippen LogP contribution is 2.25. The van der Waals surface area contributed by atoms with E-state index in [0.29, 0.717) is 5.92 Å². The van der Waals surface area contributed by atoms with Crippen LogP contribution in [-0.4, -0.2) is 4.92 Å². The Labute approximate surface area is 102 Å². The first-order valence-electron chi connectivity index (χ1n) is 6.08. The van der Waals surface area contributed by atoms with Crippen LogP contribution < -0.4 is 0 Å². The molecular formula is C14H19NO2. The number of hydrogen-bond acceptors (Lipinski definition) is 2. The number of allylic oxidation sites excluding steroid dienone is 2. The van der Waals surface area contributed by atoms with E-state index in [0.717, 1.165) is 19.3 Å². The summed E-state index contributed by atoms with van der Waals surface area (Å²) >= 11 is 0. The third kappa shape index (κ3) is 4.02. The van der Waals surface area contributed by atoms with E-state index < -0.39 is 0 Å². The third-order valence-electron chi connectivity index (χ3n) is 2.89. The van der Waals surface area contributed by atoms with Crippen LogP contribution in [0.2, 0.25) is 0 Å². The first-order chi connectivity index (χ1) is 8.19. The van der Waals surface area contributed by atoms with Gasteiger partial charge in [-0.05, 0) is 30.7 Å². The quantitative estimate of drug-likeness (QED) is 0.414. The maximum atomic E-state index is 10.6. The number of nitro benzene ring substituents is 1. The van der Waals surface area contributed by atoms with Gasteiger partial charge in [0.1, 0.15) is 0 Å². The van der Waals surface area contributed by atoms with Crippen molar-refractivity contribution in [3.63, 3.8) is 0 Å². The molecule has 0 amide bonds. The van der Waals surface area contributed by atoms with E-state index in [2.05, 4.69) is 26.0 Å². The molecule has 0 aromatic heterocycles. The van der Waals surface area contributed by atoms with Crippen molar-refractivity contribution in [2.24, 2.45) is 0 Å². The summed E-state index contributed by atoms with van der Waals surface area (Å²) in [6.07, 6.45) is 7.45. The van der Waals surface area contributed by atoms with Crippen molar-refractivity contribution in [3.05, 3.63) is 52.1 Å². The molecule has 0 heterocycles. The summed E-state index contributed by atoms with van der Waals surface area (Å²) in [5, 5.41) is 10.6. The van der Waals surface area contributed by atoms with E-state index in [1.807, 2.05) is 12.1 Å². The maximum Gasteiger partial charge on any atom is 0.269 e. The predicted molar refractivity (Wildman–Crippen MR) is 70.2 cm³/mol. The van der Waals surface area contributed by atoms with E-state index in [1.54, 1.807) is 12.1 Å². The molecule has 0 aliphatic carbocycles. The van der Waals surface area contributed by atoms with Gasteiger partial charge in [0.05, 0.1) is 4.92 Å². The van der Waals surface area contributed by atoms with E-state index in [-0.39, 0.29) is 10.6 Å². The molecule has 0 N–H and O–H groups in total. The van der Waals surface area contributed by atoms with Gasteiger partial charge in [-0.25, -0.2) is 0 Å². The average Bonchev–Trinajstić information content (AvgIpc) is 2.35. The Hall–Kier alpha value is -1.64. The Morgan fingerprint density at radius 3 is 2.35 bits per heavy atom. The highest BCUT2D eigenvalue weighted by atomic mass is 16.6. The first-order valence-corrected chi connectivity index (χ1v) is 6.08. The van der Waals surface area contributed by atoms with E-state index in [1.165, 1.54) is 5.56 Å². The monoisotopic (exact) mass is 233 g/mol. The zero-order chi connectivity index (χ0) is 12.7. The topological polar surface area (TPSA) is 43.1 Å². The van der Waals surface area contributed by atoms with E-state index >= 15 is 0 Å². The molecule has 0 saturated heterocycles. The van der Waals surface area contributed by atoms with Crippen molar-refractivity contribution in [1.29, 1.82) is 0 Å². The van der Waals surface area contributed by atoms with Crippen molar-refractivity contribution in [2.45, 2.75) is 39.0 Å². The van der Waals surface area contributed by atoms with Gasteiger partial charge in [0.15, 0.2) is 0 Å². The van der Waals surface area contributed by atoms with Crippen molar-refractivity contribution in [2.75, 3.05) is 0 Å². The molecule has 0 aliphatic heterocycles. The fourth-order valence-corrected chi connectivity index (χ4v) is 1.83. The molecule has 1 unspecified atom stereocenters. The van der Waals surface area contributed by atoms with Gasteiger partial charge in [0.25, 0.3) is 5.69 Å². The van der Waals surface area contributed by atoms with Gasteiger partial charge < -0.3 is 0 Å². The second-order valence-corrected chi connectivity index (χ2v) is 4.07. The van der Waals surface area contributed by atoms with Crippen LogP contribution in [-0.2, 0) is 0 Å². The molecule has 92 valence electrons. The largest absolute Gasteiger partial charge is 0.269 e. The number of hydrogen-bond donors (Lipinski definition) is 0. The molecule has 1 atom stereocenters. The minimum absolute atomic E-state index is 0.160. The highest BCUT2D eigenvalue weighted by molar-refractivity contribution is 5.34. The highest BCUT2D eigenvalue weighted by Gasteiger charge is 2.10.